The van der Waals surface area contributed by atoms with Gasteiger partial charge in [-0.05, 0) is 19.9 Å². The fourth-order valence-corrected chi connectivity index (χ4v) is 1.56. The summed E-state index contributed by atoms with van der Waals surface area (Å²) in [6.07, 6.45) is 2.15. The second-order valence-corrected chi connectivity index (χ2v) is 4.58. The van der Waals surface area contributed by atoms with Crippen LogP contribution >= 0.6 is 0 Å². The van der Waals surface area contributed by atoms with Gasteiger partial charge in [-0.1, -0.05) is 6.92 Å². The molecular weight excluding hydrogens is 204 g/mol. The lowest BCUT2D eigenvalue weighted by atomic mass is 10.0. The Kier molecular flexibility index (Phi) is 4.96. The molecular formula is C12H22N2O2. The minimum Gasteiger partial charge on any atom is -0.392 e. The zero-order valence-electron chi connectivity index (χ0n) is 10.6. The van der Waals surface area contributed by atoms with Gasteiger partial charge >= 0.3 is 0 Å². The van der Waals surface area contributed by atoms with E-state index in [9.17, 15) is 5.11 Å². The molecule has 2 atom stereocenters. The highest BCUT2D eigenvalue weighted by molar-refractivity contribution is 5.01. The second kappa shape index (κ2) is 6.01. The Labute approximate surface area is 97.2 Å². The summed E-state index contributed by atoms with van der Waals surface area (Å²) in [6, 6.07) is 2.32. The first kappa shape index (κ1) is 13.2. The molecule has 0 amide bonds. The molecule has 0 aliphatic carbocycles. The first-order valence-corrected chi connectivity index (χ1v) is 5.75. The number of nitrogens with zero attached hydrogens (tertiary/aromatic N) is 2. The van der Waals surface area contributed by atoms with Gasteiger partial charge in [-0.2, -0.15) is 5.10 Å². The minimum absolute atomic E-state index is 0.134. The molecule has 0 aliphatic heterocycles. The van der Waals surface area contributed by atoms with E-state index in [1.54, 1.807) is 7.11 Å². The third-order valence-corrected chi connectivity index (χ3v) is 2.70. The van der Waals surface area contributed by atoms with Gasteiger partial charge in [0, 0.05) is 31.7 Å². The van der Waals surface area contributed by atoms with Gasteiger partial charge in [0.2, 0.25) is 0 Å². The first-order valence-electron chi connectivity index (χ1n) is 5.75. The van der Waals surface area contributed by atoms with E-state index in [-0.39, 0.29) is 5.92 Å². The highest BCUT2D eigenvalue weighted by Crippen LogP contribution is 2.11. The van der Waals surface area contributed by atoms with Crippen molar-refractivity contribution in [2.45, 2.75) is 39.3 Å². The fourth-order valence-electron chi connectivity index (χ4n) is 1.56. The van der Waals surface area contributed by atoms with Crippen LogP contribution < -0.4 is 0 Å². The van der Waals surface area contributed by atoms with Crippen LogP contribution in [0.1, 0.15) is 32.5 Å². The molecule has 1 aromatic rings. The van der Waals surface area contributed by atoms with Gasteiger partial charge in [0.15, 0.2) is 0 Å². The van der Waals surface area contributed by atoms with Crippen LogP contribution in [0.4, 0.5) is 0 Å². The third-order valence-electron chi connectivity index (χ3n) is 2.70. The van der Waals surface area contributed by atoms with Gasteiger partial charge in [-0.25, -0.2) is 0 Å². The Balaban J connectivity index is 2.52. The van der Waals surface area contributed by atoms with E-state index in [1.165, 1.54) is 0 Å². The molecule has 0 spiro atoms. The lowest BCUT2D eigenvalue weighted by Crippen LogP contribution is -2.24. The maximum absolute atomic E-state index is 9.92. The van der Waals surface area contributed by atoms with Gasteiger partial charge in [-0.15, -0.1) is 0 Å². The molecule has 0 bridgehead atoms. The van der Waals surface area contributed by atoms with Crippen molar-refractivity contribution in [1.29, 1.82) is 0 Å². The van der Waals surface area contributed by atoms with Crippen molar-refractivity contribution >= 4 is 0 Å². The monoisotopic (exact) mass is 226 g/mol. The number of aromatic nitrogens is 2. The summed E-state index contributed by atoms with van der Waals surface area (Å²) >= 11 is 0. The molecule has 4 nitrogen and oxygen atoms in total. The molecule has 0 saturated carbocycles. The summed E-state index contributed by atoms with van der Waals surface area (Å²) in [7, 11) is 1.65. The van der Waals surface area contributed by atoms with Crippen molar-refractivity contribution < 1.29 is 9.84 Å². The lowest BCUT2D eigenvalue weighted by molar-refractivity contribution is 0.0568. The Hall–Kier alpha value is -0.870. The van der Waals surface area contributed by atoms with Crippen LogP contribution in [0.2, 0.25) is 0 Å². The minimum atomic E-state index is -0.393. The molecule has 0 radical (unpaired) electrons. The molecule has 0 fully saturated rings. The maximum Gasteiger partial charge on any atom is 0.0650 e. The van der Waals surface area contributed by atoms with Gasteiger partial charge < -0.3 is 9.84 Å². The molecule has 4 heteroatoms. The van der Waals surface area contributed by atoms with Crippen LogP contribution in [-0.4, -0.2) is 34.7 Å². The zero-order chi connectivity index (χ0) is 12.1. The van der Waals surface area contributed by atoms with E-state index in [4.69, 9.17) is 4.74 Å². The number of hydrogen-bond donors (Lipinski definition) is 1. The molecule has 2 unspecified atom stereocenters. The zero-order valence-corrected chi connectivity index (χ0v) is 10.6. The Morgan fingerprint density at radius 3 is 2.62 bits per heavy atom. The van der Waals surface area contributed by atoms with Crippen LogP contribution in [0.15, 0.2) is 12.3 Å². The lowest BCUT2D eigenvalue weighted by Gasteiger charge is -2.16. The molecule has 1 N–H and O–H groups in total. The van der Waals surface area contributed by atoms with Crippen molar-refractivity contribution in [1.82, 2.24) is 9.78 Å². The highest BCUT2D eigenvalue weighted by atomic mass is 16.5. The SMILES string of the molecule is COCC(C)C(O)Cc1ccn(C(C)C)n1. The summed E-state index contributed by atoms with van der Waals surface area (Å²) in [4.78, 5) is 0. The fraction of sp³-hybridized carbons (Fsp3) is 0.750. The summed E-state index contributed by atoms with van der Waals surface area (Å²) in [6.45, 7) is 6.72. The van der Waals surface area contributed by atoms with Gasteiger partial charge in [0.25, 0.3) is 0 Å². The Bertz CT molecular complexity index is 310. The predicted molar refractivity (Wildman–Crippen MR) is 63.4 cm³/mol. The van der Waals surface area contributed by atoms with Crippen molar-refractivity contribution in [2.75, 3.05) is 13.7 Å². The van der Waals surface area contributed by atoms with Crippen LogP contribution in [-0.2, 0) is 11.2 Å². The van der Waals surface area contributed by atoms with Crippen molar-refractivity contribution in [3.8, 4) is 0 Å². The van der Waals surface area contributed by atoms with E-state index < -0.39 is 6.10 Å². The number of rotatable bonds is 6. The van der Waals surface area contributed by atoms with Crippen LogP contribution in [0.5, 0.6) is 0 Å². The van der Waals surface area contributed by atoms with Crippen molar-refractivity contribution in [3.63, 3.8) is 0 Å². The number of hydrogen-bond acceptors (Lipinski definition) is 3. The van der Waals surface area contributed by atoms with E-state index in [2.05, 4.69) is 18.9 Å². The van der Waals surface area contributed by atoms with E-state index in [0.29, 0.717) is 19.1 Å². The molecule has 1 aromatic heterocycles. The van der Waals surface area contributed by atoms with Gasteiger partial charge in [-0.3, -0.25) is 4.68 Å². The van der Waals surface area contributed by atoms with E-state index >= 15 is 0 Å². The number of ether oxygens (including phenoxy) is 1. The topological polar surface area (TPSA) is 47.3 Å². The van der Waals surface area contributed by atoms with Crippen molar-refractivity contribution in [2.24, 2.45) is 5.92 Å². The molecule has 1 rings (SSSR count). The molecule has 1 heterocycles. The quantitative estimate of drug-likeness (QED) is 0.802. The van der Waals surface area contributed by atoms with Gasteiger partial charge in [0.05, 0.1) is 18.4 Å². The maximum atomic E-state index is 9.92. The third kappa shape index (κ3) is 3.61. The normalized spacial score (nSPS) is 15.4. The summed E-state index contributed by atoms with van der Waals surface area (Å²) in [5.74, 6) is 0.134. The molecule has 16 heavy (non-hydrogen) atoms. The molecule has 0 aliphatic rings. The average molecular weight is 226 g/mol. The second-order valence-electron chi connectivity index (χ2n) is 4.58. The smallest absolute Gasteiger partial charge is 0.0650 e. The summed E-state index contributed by atoms with van der Waals surface area (Å²) < 4.78 is 6.93. The average Bonchev–Trinajstić information content (AvgIpc) is 2.66. The van der Waals surface area contributed by atoms with Crippen LogP contribution in [0.3, 0.4) is 0 Å². The number of aliphatic hydroxyl groups is 1. The standard InChI is InChI=1S/C12H22N2O2/c1-9(2)14-6-5-11(13-14)7-12(15)10(3)8-16-4/h5-6,9-10,12,15H,7-8H2,1-4H3. The van der Waals surface area contributed by atoms with Crippen LogP contribution in [0.25, 0.3) is 0 Å². The van der Waals surface area contributed by atoms with E-state index in [1.807, 2.05) is 23.9 Å². The molecule has 92 valence electrons. The predicted octanol–water partition coefficient (Wildman–Crippen LogP) is 1.65. The molecule has 0 saturated heterocycles. The number of methoxy groups -OCH3 is 1. The highest BCUT2D eigenvalue weighted by Gasteiger charge is 2.16. The molecule has 0 aromatic carbocycles. The largest absolute Gasteiger partial charge is 0.392 e. The Morgan fingerprint density at radius 2 is 2.12 bits per heavy atom. The summed E-state index contributed by atoms with van der Waals surface area (Å²) in [5.41, 5.74) is 0.934. The van der Waals surface area contributed by atoms with Crippen molar-refractivity contribution in [3.05, 3.63) is 18.0 Å². The first-order chi connectivity index (χ1) is 7.54. The Morgan fingerprint density at radius 1 is 1.44 bits per heavy atom. The number of aliphatic hydroxyl groups excluding tert-OH is 1. The van der Waals surface area contributed by atoms with Crippen LogP contribution in [0, 0.1) is 5.92 Å². The van der Waals surface area contributed by atoms with E-state index in [0.717, 1.165) is 5.69 Å². The van der Waals surface area contributed by atoms with Gasteiger partial charge in [0.1, 0.15) is 0 Å². The summed E-state index contributed by atoms with van der Waals surface area (Å²) in [5, 5.41) is 14.3.